The van der Waals surface area contributed by atoms with Gasteiger partial charge in [-0.05, 0) is 36.8 Å². The Morgan fingerprint density at radius 1 is 1.07 bits per heavy atom. The number of methoxy groups -OCH3 is 1. The summed E-state index contributed by atoms with van der Waals surface area (Å²) in [4.78, 5) is 12.5. The second-order valence-corrected chi connectivity index (χ2v) is 8.26. The molecule has 2 aromatic carbocycles. The van der Waals surface area contributed by atoms with Crippen molar-refractivity contribution in [3.05, 3.63) is 60.2 Å². The van der Waals surface area contributed by atoms with Crippen molar-refractivity contribution in [1.29, 1.82) is 0 Å². The van der Waals surface area contributed by atoms with E-state index in [1.807, 2.05) is 31.2 Å². The van der Waals surface area contributed by atoms with Gasteiger partial charge in [0.15, 0.2) is 0 Å². The standard InChI is InChI=1S/C19H25N3O4S/c1-15(16-10-12-18(26-4)13-11-16)20-19(23)14-22(27(24,25)21(2)3)17-8-6-5-7-9-17/h5-13,15H,14H2,1-4H3,(H,20,23). The molecule has 0 saturated carbocycles. The van der Waals surface area contributed by atoms with Gasteiger partial charge in [-0.25, -0.2) is 4.31 Å². The van der Waals surface area contributed by atoms with E-state index in [1.165, 1.54) is 14.1 Å². The van der Waals surface area contributed by atoms with E-state index in [4.69, 9.17) is 4.74 Å². The fourth-order valence-corrected chi connectivity index (χ4v) is 3.55. The van der Waals surface area contributed by atoms with Crippen LogP contribution in [0.3, 0.4) is 0 Å². The molecule has 0 saturated heterocycles. The molecule has 1 unspecified atom stereocenters. The zero-order chi connectivity index (χ0) is 20.0. The van der Waals surface area contributed by atoms with Gasteiger partial charge in [0, 0.05) is 14.1 Å². The van der Waals surface area contributed by atoms with Gasteiger partial charge in [0.2, 0.25) is 5.91 Å². The number of rotatable bonds is 8. The molecule has 0 aliphatic heterocycles. The van der Waals surface area contributed by atoms with Crippen LogP contribution in [-0.4, -0.2) is 46.4 Å². The molecular weight excluding hydrogens is 366 g/mol. The van der Waals surface area contributed by atoms with Crippen molar-refractivity contribution in [2.75, 3.05) is 32.1 Å². The largest absolute Gasteiger partial charge is 0.497 e. The number of para-hydroxylation sites is 1. The van der Waals surface area contributed by atoms with Crippen molar-refractivity contribution in [3.8, 4) is 5.75 Å². The highest BCUT2D eigenvalue weighted by Crippen LogP contribution is 2.20. The predicted octanol–water partition coefficient (Wildman–Crippen LogP) is 2.19. The number of benzene rings is 2. The average molecular weight is 391 g/mol. The van der Waals surface area contributed by atoms with Crippen LogP contribution in [0.15, 0.2) is 54.6 Å². The molecular formula is C19H25N3O4S. The summed E-state index contributed by atoms with van der Waals surface area (Å²) in [5, 5.41) is 2.84. The monoisotopic (exact) mass is 391 g/mol. The first-order valence-electron chi connectivity index (χ1n) is 8.44. The van der Waals surface area contributed by atoms with Gasteiger partial charge in [-0.2, -0.15) is 12.7 Å². The smallest absolute Gasteiger partial charge is 0.304 e. The van der Waals surface area contributed by atoms with Crippen molar-refractivity contribution >= 4 is 21.8 Å². The van der Waals surface area contributed by atoms with Crippen LogP contribution in [0.25, 0.3) is 0 Å². The van der Waals surface area contributed by atoms with Crippen molar-refractivity contribution in [2.45, 2.75) is 13.0 Å². The van der Waals surface area contributed by atoms with Crippen molar-refractivity contribution in [3.63, 3.8) is 0 Å². The summed E-state index contributed by atoms with van der Waals surface area (Å²) in [6.45, 7) is 1.53. The van der Waals surface area contributed by atoms with E-state index in [2.05, 4.69) is 5.32 Å². The molecule has 7 nitrogen and oxygen atoms in total. The van der Waals surface area contributed by atoms with Crippen LogP contribution in [0.1, 0.15) is 18.5 Å². The Morgan fingerprint density at radius 2 is 1.67 bits per heavy atom. The quantitative estimate of drug-likeness (QED) is 0.748. The van der Waals surface area contributed by atoms with Crippen LogP contribution in [0.4, 0.5) is 5.69 Å². The van der Waals surface area contributed by atoms with E-state index in [9.17, 15) is 13.2 Å². The Morgan fingerprint density at radius 3 is 2.19 bits per heavy atom. The molecule has 0 fully saturated rings. The predicted molar refractivity (Wildman–Crippen MR) is 106 cm³/mol. The number of carbonyl (C=O) groups is 1. The van der Waals surface area contributed by atoms with E-state index < -0.39 is 16.1 Å². The lowest BCUT2D eigenvalue weighted by Gasteiger charge is -2.27. The second-order valence-electron chi connectivity index (χ2n) is 6.19. The summed E-state index contributed by atoms with van der Waals surface area (Å²) in [7, 11) is 0.647. The highest BCUT2D eigenvalue weighted by atomic mass is 32.2. The number of hydrogen-bond acceptors (Lipinski definition) is 4. The zero-order valence-corrected chi connectivity index (χ0v) is 16.7. The van der Waals surface area contributed by atoms with Gasteiger partial charge in [-0.1, -0.05) is 30.3 Å². The van der Waals surface area contributed by atoms with E-state index in [0.29, 0.717) is 5.69 Å². The summed E-state index contributed by atoms with van der Waals surface area (Å²) in [5.74, 6) is 0.331. The molecule has 2 rings (SSSR count). The first kappa shape index (κ1) is 20.7. The Hall–Kier alpha value is -2.58. The highest BCUT2D eigenvalue weighted by molar-refractivity contribution is 7.90. The number of nitrogens with zero attached hydrogens (tertiary/aromatic N) is 2. The van der Waals surface area contributed by atoms with E-state index in [-0.39, 0.29) is 12.6 Å². The van der Waals surface area contributed by atoms with Gasteiger partial charge in [0.25, 0.3) is 0 Å². The Bertz CT molecular complexity index is 852. The maximum Gasteiger partial charge on any atom is 0.304 e. The van der Waals surface area contributed by atoms with Gasteiger partial charge in [-0.3, -0.25) is 4.79 Å². The Kier molecular flexibility index (Phi) is 6.81. The zero-order valence-electron chi connectivity index (χ0n) is 15.9. The molecule has 0 heterocycles. The minimum absolute atomic E-state index is 0.275. The molecule has 0 aromatic heterocycles. The van der Waals surface area contributed by atoms with Crippen LogP contribution >= 0.6 is 0 Å². The molecule has 146 valence electrons. The molecule has 1 N–H and O–H groups in total. The molecule has 1 atom stereocenters. The normalized spacial score (nSPS) is 12.5. The molecule has 0 aliphatic carbocycles. The van der Waals surface area contributed by atoms with E-state index >= 15 is 0 Å². The summed E-state index contributed by atoms with van der Waals surface area (Å²) in [6, 6.07) is 15.6. The van der Waals surface area contributed by atoms with Crippen LogP contribution < -0.4 is 14.4 Å². The topological polar surface area (TPSA) is 79.0 Å². The lowest BCUT2D eigenvalue weighted by Crippen LogP contribution is -2.46. The fraction of sp³-hybridized carbons (Fsp3) is 0.316. The molecule has 8 heteroatoms. The Balaban J connectivity index is 2.15. The maximum absolute atomic E-state index is 12.7. The maximum atomic E-state index is 12.7. The third kappa shape index (κ3) is 5.21. The third-order valence-corrected chi connectivity index (χ3v) is 5.88. The number of amides is 1. The lowest BCUT2D eigenvalue weighted by atomic mass is 10.1. The van der Waals surface area contributed by atoms with E-state index in [0.717, 1.165) is 19.9 Å². The van der Waals surface area contributed by atoms with Crippen LogP contribution in [-0.2, 0) is 15.0 Å². The van der Waals surface area contributed by atoms with E-state index in [1.54, 1.807) is 37.4 Å². The average Bonchev–Trinajstić information content (AvgIpc) is 2.66. The molecule has 2 aromatic rings. The fourth-order valence-electron chi connectivity index (χ4n) is 2.49. The number of anilines is 1. The molecule has 27 heavy (non-hydrogen) atoms. The SMILES string of the molecule is COc1ccc(C(C)NC(=O)CN(c2ccccc2)S(=O)(=O)N(C)C)cc1. The second kappa shape index (κ2) is 8.88. The summed E-state index contributed by atoms with van der Waals surface area (Å²) < 4.78 is 32.6. The van der Waals surface area contributed by atoms with Crippen molar-refractivity contribution in [1.82, 2.24) is 9.62 Å². The minimum Gasteiger partial charge on any atom is -0.497 e. The number of nitrogens with one attached hydrogen (secondary N) is 1. The summed E-state index contributed by atoms with van der Waals surface area (Å²) in [5.41, 5.74) is 1.32. The Labute approximate surface area is 160 Å². The number of ether oxygens (including phenoxy) is 1. The molecule has 0 bridgehead atoms. The van der Waals surface area contributed by atoms with Gasteiger partial charge in [0.05, 0.1) is 18.8 Å². The summed E-state index contributed by atoms with van der Waals surface area (Å²) >= 11 is 0. The number of carbonyl (C=O) groups excluding carboxylic acids is 1. The van der Waals surface area contributed by atoms with Crippen LogP contribution in [0, 0.1) is 0 Å². The van der Waals surface area contributed by atoms with Gasteiger partial charge < -0.3 is 10.1 Å². The van der Waals surface area contributed by atoms with Crippen molar-refractivity contribution in [2.24, 2.45) is 0 Å². The van der Waals surface area contributed by atoms with Crippen LogP contribution in [0.5, 0.6) is 5.75 Å². The molecule has 1 amide bonds. The molecule has 0 radical (unpaired) electrons. The van der Waals surface area contributed by atoms with Gasteiger partial charge >= 0.3 is 10.2 Å². The minimum atomic E-state index is -3.81. The number of hydrogen-bond donors (Lipinski definition) is 1. The molecule has 0 spiro atoms. The van der Waals surface area contributed by atoms with Gasteiger partial charge in [-0.15, -0.1) is 0 Å². The first-order valence-corrected chi connectivity index (χ1v) is 9.84. The molecule has 0 aliphatic rings. The summed E-state index contributed by atoms with van der Waals surface area (Å²) in [6.07, 6.45) is 0. The first-order chi connectivity index (χ1) is 12.8. The van der Waals surface area contributed by atoms with Crippen molar-refractivity contribution < 1.29 is 17.9 Å². The van der Waals surface area contributed by atoms with Crippen LogP contribution in [0.2, 0.25) is 0 Å². The lowest BCUT2D eigenvalue weighted by molar-refractivity contribution is -0.120. The van der Waals surface area contributed by atoms with Gasteiger partial charge in [0.1, 0.15) is 12.3 Å². The third-order valence-electron chi connectivity index (χ3n) is 4.06. The highest BCUT2D eigenvalue weighted by Gasteiger charge is 2.27.